The Kier molecular flexibility index (Phi) is 3.81. The molecule has 2 N–H and O–H groups in total. The topological polar surface area (TPSA) is 35.2 Å². The van der Waals surface area contributed by atoms with Gasteiger partial charge in [0.15, 0.2) is 17.4 Å². The van der Waals surface area contributed by atoms with E-state index in [1.165, 1.54) is 6.07 Å². The molecule has 0 aliphatic rings. The molecule has 2 rings (SSSR count). The molecule has 5 heteroatoms. The zero-order valence-corrected chi connectivity index (χ0v) is 10.9. The van der Waals surface area contributed by atoms with Gasteiger partial charge in [0.25, 0.3) is 0 Å². The SMILES string of the molecule is Nc1cc(Br)ccc1COc1c(F)cccc1F. The second-order valence-electron chi connectivity index (χ2n) is 3.68. The van der Waals surface area contributed by atoms with Crippen LogP contribution < -0.4 is 10.5 Å². The molecule has 0 spiro atoms. The summed E-state index contributed by atoms with van der Waals surface area (Å²) in [5.41, 5.74) is 6.93. The van der Waals surface area contributed by atoms with Crippen molar-refractivity contribution in [2.45, 2.75) is 6.61 Å². The molecule has 0 unspecified atom stereocenters. The summed E-state index contributed by atoms with van der Waals surface area (Å²) in [6.07, 6.45) is 0. The molecule has 0 heterocycles. The summed E-state index contributed by atoms with van der Waals surface area (Å²) in [4.78, 5) is 0. The minimum Gasteiger partial charge on any atom is -0.483 e. The third kappa shape index (κ3) is 2.79. The monoisotopic (exact) mass is 313 g/mol. The fraction of sp³-hybridized carbons (Fsp3) is 0.0769. The lowest BCUT2D eigenvalue weighted by Gasteiger charge is -2.10. The van der Waals surface area contributed by atoms with E-state index in [1.54, 1.807) is 18.2 Å². The maximum atomic E-state index is 13.3. The van der Waals surface area contributed by atoms with Crippen LogP contribution in [0.3, 0.4) is 0 Å². The van der Waals surface area contributed by atoms with Crippen molar-refractivity contribution in [3.8, 4) is 5.75 Å². The van der Waals surface area contributed by atoms with E-state index in [9.17, 15) is 8.78 Å². The first kappa shape index (κ1) is 12.8. The molecule has 0 saturated heterocycles. The number of anilines is 1. The Morgan fingerprint density at radius 2 is 1.78 bits per heavy atom. The lowest BCUT2D eigenvalue weighted by Crippen LogP contribution is -2.02. The van der Waals surface area contributed by atoms with Gasteiger partial charge in [-0.25, -0.2) is 8.78 Å². The Balaban J connectivity index is 2.16. The molecule has 0 aliphatic carbocycles. The van der Waals surface area contributed by atoms with Gasteiger partial charge in [0.2, 0.25) is 0 Å². The van der Waals surface area contributed by atoms with E-state index in [0.29, 0.717) is 11.3 Å². The van der Waals surface area contributed by atoms with Crippen molar-refractivity contribution in [2.24, 2.45) is 0 Å². The third-order valence-electron chi connectivity index (χ3n) is 2.40. The highest BCUT2D eigenvalue weighted by Gasteiger charge is 2.10. The van der Waals surface area contributed by atoms with Crippen LogP contribution in [0.4, 0.5) is 14.5 Å². The van der Waals surface area contributed by atoms with Crippen molar-refractivity contribution in [1.29, 1.82) is 0 Å². The molecule has 0 bridgehead atoms. The van der Waals surface area contributed by atoms with Crippen molar-refractivity contribution in [3.05, 3.63) is 58.1 Å². The predicted molar refractivity (Wildman–Crippen MR) is 69.2 cm³/mol. The quantitative estimate of drug-likeness (QED) is 0.873. The van der Waals surface area contributed by atoms with Crippen LogP contribution >= 0.6 is 15.9 Å². The van der Waals surface area contributed by atoms with Gasteiger partial charge in [0.05, 0.1) is 0 Å². The Morgan fingerprint density at radius 3 is 2.39 bits per heavy atom. The summed E-state index contributed by atoms with van der Waals surface area (Å²) in [7, 11) is 0. The molecule has 0 radical (unpaired) electrons. The van der Waals surface area contributed by atoms with Crippen LogP contribution in [0.5, 0.6) is 5.75 Å². The van der Waals surface area contributed by atoms with Crippen LogP contribution in [0.25, 0.3) is 0 Å². The van der Waals surface area contributed by atoms with E-state index < -0.39 is 11.6 Å². The maximum absolute atomic E-state index is 13.3. The number of nitrogens with two attached hydrogens (primary N) is 1. The second-order valence-corrected chi connectivity index (χ2v) is 4.60. The van der Waals surface area contributed by atoms with E-state index in [0.717, 1.165) is 16.6 Å². The van der Waals surface area contributed by atoms with Gasteiger partial charge in [-0.15, -0.1) is 0 Å². The third-order valence-corrected chi connectivity index (χ3v) is 2.89. The number of benzene rings is 2. The Labute approximate surface area is 112 Å². The number of rotatable bonds is 3. The van der Waals surface area contributed by atoms with Gasteiger partial charge in [0, 0.05) is 15.7 Å². The van der Waals surface area contributed by atoms with Crippen LogP contribution in [-0.4, -0.2) is 0 Å². The fourth-order valence-corrected chi connectivity index (χ4v) is 1.85. The Morgan fingerprint density at radius 1 is 1.11 bits per heavy atom. The van der Waals surface area contributed by atoms with Gasteiger partial charge in [-0.3, -0.25) is 0 Å². The number of halogens is 3. The van der Waals surface area contributed by atoms with Crippen molar-refractivity contribution < 1.29 is 13.5 Å². The summed E-state index contributed by atoms with van der Waals surface area (Å²) < 4.78 is 32.6. The largest absolute Gasteiger partial charge is 0.483 e. The molecule has 2 aromatic rings. The Hall–Kier alpha value is -1.62. The Bertz CT molecular complexity index is 555. The van der Waals surface area contributed by atoms with Gasteiger partial charge in [-0.1, -0.05) is 28.1 Å². The average Bonchev–Trinajstić information content (AvgIpc) is 2.31. The van der Waals surface area contributed by atoms with E-state index in [-0.39, 0.29) is 12.4 Å². The summed E-state index contributed by atoms with van der Waals surface area (Å²) in [6, 6.07) is 8.79. The fourth-order valence-electron chi connectivity index (χ4n) is 1.47. The molecule has 0 atom stereocenters. The lowest BCUT2D eigenvalue weighted by atomic mass is 10.2. The van der Waals surface area contributed by atoms with Gasteiger partial charge in [-0.2, -0.15) is 0 Å². The zero-order valence-electron chi connectivity index (χ0n) is 9.29. The van der Waals surface area contributed by atoms with E-state index in [2.05, 4.69) is 15.9 Å². The molecule has 0 saturated carbocycles. The standard InChI is InChI=1S/C13H10BrF2NO/c14-9-5-4-8(12(17)6-9)7-18-13-10(15)2-1-3-11(13)16/h1-6H,7,17H2. The second kappa shape index (κ2) is 5.35. The van der Waals surface area contributed by atoms with Crippen LogP contribution in [0, 0.1) is 11.6 Å². The van der Waals surface area contributed by atoms with E-state index in [4.69, 9.17) is 10.5 Å². The molecule has 2 aromatic carbocycles. The minimum absolute atomic E-state index is 0.0109. The van der Waals surface area contributed by atoms with Crippen molar-refractivity contribution in [3.63, 3.8) is 0 Å². The zero-order chi connectivity index (χ0) is 13.1. The molecular formula is C13H10BrF2NO. The lowest BCUT2D eigenvalue weighted by molar-refractivity contribution is 0.274. The van der Waals surface area contributed by atoms with Crippen molar-refractivity contribution >= 4 is 21.6 Å². The number of ether oxygens (including phenoxy) is 1. The number of hydrogen-bond acceptors (Lipinski definition) is 2. The molecule has 2 nitrogen and oxygen atoms in total. The summed E-state index contributed by atoms with van der Waals surface area (Å²) in [5, 5.41) is 0. The van der Waals surface area contributed by atoms with Gasteiger partial charge in [-0.05, 0) is 24.3 Å². The van der Waals surface area contributed by atoms with E-state index in [1.807, 2.05) is 0 Å². The highest BCUT2D eigenvalue weighted by molar-refractivity contribution is 9.10. The minimum atomic E-state index is -0.731. The predicted octanol–water partition coefficient (Wildman–Crippen LogP) is 3.89. The maximum Gasteiger partial charge on any atom is 0.191 e. The first-order chi connectivity index (χ1) is 8.58. The molecule has 94 valence electrons. The molecule has 0 aliphatic heterocycles. The smallest absolute Gasteiger partial charge is 0.191 e. The highest BCUT2D eigenvalue weighted by atomic mass is 79.9. The van der Waals surface area contributed by atoms with Gasteiger partial charge in [0.1, 0.15) is 6.61 Å². The number of hydrogen-bond donors (Lipinski definition) is 1. The molecule has 0 amide bonds. The van der Waals surface area contributed by atoms with E-state index >= 15 is 0 Å². The summed E-state index contributed by atoms with van der Waals surface area (Å²) in [5.74, 6) is -1.85. The van der Waals surface area contributed by atoms with Crippen molar-refractivity contribution in [1.82, 2.24) is 0 Å². The molecule has 0 fully saturated rings. The summed E-state index contributed by atoms with van der Waals surface area (Å²) in [6.45, 7) is 0.0109. The summed E-state index contributed by atoms with van der Waals surface area (Å²) >= 11 is 3.27. The van der Waals surface area contributed by atoms with Crippen LogP contribution in [-0.2, 0) is 6.61 Å². The van der Waals surface area contributed by atoms with Crippen LogP contribution in [0.1, 0.15) is 5.56 Å². The average molecular weight is 314 g/mol. The normalized spacial score (nSPS) is 10.4. The van der Waals surface area contributed by atoms with Crippen molar-refractivity contribution in [2.75, 3.05) is 5.73 Å². The first-order valence-electron chi connectivity index (χ1n) is 5.18. The molecular weight excluding hydrogens is 304 g/mol. The molecule has 18 heavy (non-hydrogen) atoms. The number of nitrogen functional groups attached to an aromatic ring is 1. The molecule has 0 aromatic heterocycles. The van der Waals surface area contributed by atoms with Gasteiger partial charge < -0.3 is 10.5 Å². The first-order valence-corrected chi connectivity index (χ1v) is 5.98. The highest BCUT2D eigenvalue weighted by Crippen LogP contribution is 2.24. The van der Waals surface area contributed by atoms with Crippen LogP contribution in [0.2, 0.25) is 0 Å². The number of para-hydroxylation sites is 1. The van der Waals surface area contributed by atoms with Crippen LogP contribution in [0.15, 0.2) is 40.9 Å². The van der Waals surface area contributed by atoms with Gasteiger partial charge >= 0.3 is 0 Å².